The number of hydrogen-bond donors (Lipinski definition) is 0. The lowest BCUT2D eigenvalue weighted by atomic mass is 10.2. The normalized spacial score (nSPS) is 10.7. The maximum absolute atomic E-state index is 12.5. The molecule has 0 saturated carbocycles. The summed E-state index contributed by atoms with van der Waals surface area (Å²) in [7, 11) is 0. The number of aromatic nitrogens is 2. The summed E-state index contributed by atoms with van der Waals surface area (Å²) in [5.41, 5.74) is 1.34. The van der Waals surface area contributed by atoms with Crippen LogP contribution in [0.15, 0.2) is 64.5 Å². The predicted molar refractivity (Wildman–Crippen MR) is 93.7 cm³/mol. The quantitative estimate of drug-likeness (QED) is 0.630. The van der Waals surface area contributed by atoms with E-state index in [4.69, 9.17) is 23.2 Å². The summed E-state index contributed by atoms with van der Waals surface area (Å²) in [6.45, 7) is 1.87. The van der Waals surface area contributed by atoms with Crippen molar-refractivity contribution in [1.29, 1.82) is 0 Å². The minimum Gasteiger partial charge on any atom is -0.267 e. The Balaban J connectivity index is 1.85. The highest BCUT2D eigenvalue weighted by Crippen LogP contribution is 2.31. The van der Waals surface area contributed by atoms with E-state index in [1.165, 1.54) is 4.68 Å². The minimum absolute atomic E-state index is 0.179. The molecule has 116 valence electrons. The molecule has 3 nitrogen and oxygen atoms in total. The van der Waals surface area contributed by atoms with Crippen molar-refractivity contribution in [2.24, 2.45) is 0 Å². The number of rotatable bonds is 3. The molecule has 0 aliphatic rings. The van der Waals surface area contributed by atoms with Crippen LogP contribution in [0.5, 0.6) is 0 Å². The van der Waals surface area contributed by atoms with Gasteiger partial charge in [-0.05, 0) is 55.5 Å². The Labute approximate surface area is 148 Å². The standard InChI is InChI=1S/C17H12Cl2N2OS/c1-11-16(23-15-8-6-14(19)7-9-15)10-20-21(11)17(22)12-2-4-13(18)5-3-12/h2-10H,1H3. The summed E-state index contributed by atoms with van der Waals surface area (Å²) >= 11 is 13.3. The van der Waals surface area contributed by atoms with Crippen LogP contribution in [0.2, 0.25) is 10.0 Å². The van der Waals surface area contributed by atoms with Gasteiger partial charge in [0.05, 0.1) is 16.8 Å². The summed E-state index contributed by atoms with van der Waals surface area (Å²) < 4.78 is 1.40. The first-order chi connectivity index (χ1) is 11.0. The zero-order valence-corrected chi connectivity index (χ0v) is 14.5. The highest BCUT2D eigenvalue weighted by molar-refractivity contribution is 7.99. The molecule has 0 aliphatic carbocycles. The number of halogens is 2. The number of benzene rings is 2. The molecule has 1 heterocycles. The summed E-state index contributed by atoms with van der Waals surface area (Å²) in [5, 5.41) is 5.50. The van der Waals surface area contributed by atoms with Crippen LogP contribution in [0.3, 0.4) is 0 Å². The Hall–Kier alpha value is -1.75. The van der Waals surface area contributed by atoms with Gasteiger partial charge in [0.1, 0.15) is 0 Å². The van der Waals surface area contributed by atoms with Crippen molar-refractivity contribution in [3.8, 4) is 0 Å². The number of nitrogens with zero attached hydrogens (tertiary/aromatic N) is 2. The van der Waals surface area contributed by atoms with Crippen LogP contribution in [0.4, 0.5) is 0 Å². The fraction of sp³-hybridized carbons (Fsp3) is 0.0588. The molecule has 0 bridgehead atoms. The first-order valence-electron chi connectivity index (χ1n) is 6.83. The lowest BCUT2D eigenvalue weighted by Gasteiger charge is -2.05. The molecule has 0 aliphatic heterocycles. The summed E-state index contributed by atoms with van der Waals surface area (Å²) in [6, 6.07) is 14.3. The van der Waals surface area contributed by atoms with Gasteiger partial charge < -0.3 is 0 Å². The second kappa shape index (κ2) is 6.79. The van der Waals surface area contributed by atoms with E-state index < -0.39 is 0 Å². The van der Waals surface area contributed by atoms with Gasteiger partial charge >= 0.3 is 0 Å². The van der Waals surface area contributed by atoms with Gasteiger partial charge in [0, 0.05) is 20.5 Å². The van der Waals surface area contributed by atoms with E-state index in [1.807, 2.05) is 31.2 Å². The molecule has 6 heteroatoms. The van der Waals surface area contributed by atoms with Gasteiger partial charge in [0.15, 0.2) is 0 Å². The summed E-state index contributed by atoms with van der Waals surface area (Å²) in [6.07, 6.45) is 1.70. The predicted octanol–water partition coefficient (Wildman–Crippen LogP) is 5.34. The first kappa shape index (κ1) is 16.1. The Morgan fingerprint density at radius 1 is 1.00 bits per heavy atom. The molecule has 3 rings (SSSR count). The van der Waals surface area contributed by atoms with Crippen LogP contribution >= 0.6 is 35.0 Å². The highest BCUT2D eigenvalue weighted by atomic mass is 35.5. The zero-order valence-electron chi connectivity index (χ0n) is 12.2. The third kappa shape index (κ3) is 3.61. The molecular weight excluding hydrogens is 351 g/mol. The molecule has 0 saturated heterocycles. The molecule has 2 aromatic carbocycles. The Morgan fingerprint density at radius 3 is 2.17 bits per heavy atom. The van der Waals surface area contributed by atoms with Crippen LogP contribution in [-0.2, 0) is 0 Å². The van der Waals surface area contributed by atoms with Gasteiger partial charge in [0.25, 0.3) is 5.91 Å². The molecule has 0 N–H and O–H groups in total. The molecule has 3 aromatic rings. The van der Waals surface area contributed by atoms with E-state index in [9.17, 15) is 4.79 Å². The van der Waals surface area contributed by atoms with E-state index in [0.717, 1.165) is 15.5 Å². The monoisotopic (exact) mass is 362 g/mol. The second-order valence-corrected chi connectivity index (χ2v) is 6.86. The van der Waals surface area contributed by atoms with E-state index in [-0.39, 0.29) is 5.91 Å². The largest absolute Gasteiger partial charge is 0.278 e. The third-order valence-corrected chi connectivity index (χ3v) is 4.92. The fourth-order valence-electron chi connectivity index (χ4n) is 2.04. The molecule has 1 aromatic heterocycles. The van der Waals surface area contributed by atoms with Crippen molar-refractivity contribution in [1.82, 2.24) is 9.78 Å². The average molecular weight is 363 g/mol. The van der Waals surface area contributed by atoms with Crippen molar-refractivity contribution in [2.45, 2.75) is 16.7 Å². The summed E-state index contributed by atoms with van der Waals surface area (Å²) in [4.78, 5) is 14.5. The summed E-state index contributed by atoms with van der Waals surface area (Å²) in [5.74, 6) is -0.179. The molecular formula is C17H12Cl2N2OS. The number of carbonyl (C=O) groups excluding carboxylic acids is 1. The SMILES string of the molecule is Cc1c(Sc2ccc(Cl)cc2)cnn1C(=O)c1ccc(Cl)cc1. The molecule has 0 atom stereocenters. The van der Waals surface area contributed by atoms with Crippen molar-refractivity contribution >= 4 is 40.9 Å². The van der Waals surface area contributed by atoms with Gasteiger partial charge in [-0.25, -0.2) is 0 Å². The highest BCUT2D eigenvalue weighted by Gasteiger charge is 2.15. The van der Waals surface area contributed by atoms with Gasteiger partial charge in [-0.2, -0.15) is 9.78 Å². The minimum atomic E-state index is -0.179. The molecule has 0 spiro atoms. The van der Waals surface area contributed by atoms with Gasteiger partial charge in [-0.1, -0.05) is 35.0 Å². The Bertz CT molecular complexity index is 842. The Morgan fingerprint density at radius 2 is 1.57 bits per heavy atom. The average Bonchev–Trinajstić information content (AvgIpc) is 2.90. The van der Waals surface area contributed by atoms with E-state index in [0.29, 0.717) is 15.6 Å². The van der Waals surface area contributed by atoms with Crippen molar-refractivity contribution < 1.29 is 4.79 Å². The maximum atomic E-state index is 12.5. The zero-order chi connectivity index (χ0) is 16.4. The molecule has 23 heavy (non-hydrogen) atoms. The topological polar surface area (TPSA) is 34.9 Å². The molecule has 0 unspecified atom stereocenters. The number of carbonyl (C=O) groups is 1. The van der Waals surface area contributed by atoms with E-state index in [2.05, 4.69) is 5.10 Å². The Kier molecular flexibility index (Phi) is 4.76. The van der Waals surface area contributed by atoms with E-state index >= 15 is 0 Å². The van der Waals surface area contributed by atoms with Crippen LogP contribution in [0, 0.1) is 6.92 Å². The van der Waals surface area contributed by atoms with Crippen molar-refractivity contribution in [2.75, 3.05) is 0 Å². The van der Waals surface area contributed by atoms with Gasteiger partial charge in [0.2, 0.25) is 0 Å². The van der Waals surface area contributed by atoms with Crippen LogP contribution in [0.25, 0.3) is 0 Å². The lowest BCUT2D eigenvalue weighted by molar-refractivity contribution is 0.0942. The van der Waals surface area contributed by atoms with Crippen molar-refractivity contribution in [3.63, 3.8) is 0 Å². The molecule has 0 radical (unpaired) electrons. The van der Waals surface area contributed by atoms with Crippen molar-refractivity contribution in [3.05, 3.63) is 76.0 Å². The van der Waals surface area contributed by atoms with Gasteiger partial charge in [-0.15, -0.1) is 0 Å². The van der Waals surface area contributed by atoms with E-state index in [1.54, 1.807) is 42.2 Å². The first-order valence-corrected chi connectivity index (χ1v) is 8.40. The van der Waals surface area contributed by atoms with Crippen LogP contribution < -0.4 is 0 Å². The van der Waals surface area contributed by atoms with Crippen LogP contribution in [-0.4, -0.2) is 15.7 Å². The molecule has 0 fully saturated rings. The van der Waals surface area contributed by atoms with Gasteiger partial charge in [-0.3, -0.25) is 4.79 Å². The third-order valence-electron chi connectivity index (χ3n) is 3.29. The molecule has 0 amide bonds. The van der Waals surface area contributed by atoms with Crippen LogP contribution in [0.1, 0.15) is 16.1 Å². The smallest absolute Gasteiger partial charge is 0.267 e. The fourth-order valence-corrected chi connectivity index (χ4v) is 3.16. The number of hydrogen-bond acceptors (Lipinski definition) is 3. The lowest BCUT2D eigenvalue weighted by Crippen LogP contribution is -2.14. The maximum Gasteiger partial charge on any atom is 0.278 e. The second-order valence-electron chi connectivity index (χ2n) is 4.87.